The van der Waals surface area contributed by atoms with Crippen LogP contribution in [0.15, 0.2) is 18.2 Å². The van der Waals surface area contributed by atoms with E-state index in [9.17, 15) is 35.9 Å². The molecule has 1 aliphatic carbocycles. The summed E-state index contributed by atoms with van der Waals surface area (Å²) in [7, 11) is 0. The second-order valence-corrected chi connectivity index (χ2v) is 9.16. The number of hydrogen-bond donors (Lipinski definition) is 1. The standard InChI is InChI=1S/C23H28F6N2O2/c24-22(25,26)16-9-15(10-17(13-16)23(27,28)29)12-18(32)11-14-5-7-31(8-6-14)21(33)19-3-1-2-4-20(19)30/h9-10,13-14,19-20H,1-8,11-12,30H2/t19-,20+/m1/s1. The predicted octanol–water partition coefficient (Wildman–Crippen LogP) is 4.98. The highest BCUT2D eigenvalue weighted by Gasteiger charge is 2.37. The number of rotatable bonds is 5. The maximum atomic E-state index is 13.0. The number of hydrogen-bond acceptors (Lipinski definition) is 3. The van der Waals surface area contributed by atoms with E-state index in [1.54, 1.807) is 4.90 Å². The smallest absolute Gasteiger partial charge is 0.342 e. The molecule has 2 fully saturated rings. The van der Waals surface area contributed by atoms with E-state index >= 15 is 0 Å². The van der Waals surface area contributed by atoms with Gasteiger partial charge in [-0.3, -0.25) is 9.59 Å². The van der Waals surface area contributed by atoms with Gasteiger partial charge in [-0.1, -0.05) is 12.8 Å². The maximum Gasteiger partial charge on any atom is 0.416 e. The first-order valence-corrected chi connectivity index (χ1v) is 11.2. The Kier molecular flexibility index (Phi) is 7.76. The van der Waals surface area contributed by atoms with Gasteiger partial charge in [-0.15, -0.1) is 0 Å². The fourth-order valence-electron chi connectivity index (χ4n) is 4.80. The Labute approximate surface area is 188 Å². The summed E-state index contributed by atoms with van der Waals surface area (Å²) in [5.41, 5.74) is 2.94. The highest BCUT2D eigenvalue weighted by atomic mass is 19.4. The molecule has 2 N–H and O–H groups in total. The molecule has 0 bridgehead atoms. The molecule has 33 heavy (non-hydrogen) atoms. The molecule has 2 aliphatic rings. The van der Waals surface area contributed by atoms with Crippen molar-refractivity contribution in [3.63, 3.8) is 0 Å². The number of piperidine rings is 1. The van der Waals surface area contributed by atoms with Crippen LogP contribution < -0.4 is 5.73 Å². The average molecular weight is 478 g/mol. The van der Waals surface area contributed by atoms with Crippen molar-refractivity contribution < 1.29 is 35.9 Å². The number of nitrogens with zero attached hydrogens (tertiary/aromatic N) is 1. The molecule has 1 aromatic rings. The highest BCUT2D eigenvalue weighted by Crippen LogP contribution is 2.36. The molecule has 1 aromatic carbocycles. The third-order valence-corrected chi connectivity index (χ3v) is 6.63. The quantitative estimate of drug-likeness (QED) is 0.607. The number of carbonyl (C=O) groups is 2. The van der Waals surface area contributed by atoms with E-state index in [4.69, 9.17) is 5.73 Å². The molecule has 3 rings (SSSR count). The summed E-state index contributed by atoms with van der Waals surface area (Å²) in [4.78, 5) is 27.0. The van der Waals surface area contributed by atoms with E-state index in [2.05, 4.69) is 0 Å². The number of amides is 1. The first-order valence-electron chi connectivity index (χ1n) is 11.2. The minimum Gasteiger partial charge on any atom is -0.342 e. The number of nitrogens with two attached hydrogens (primary N) is 1. The second-order valence-electron chi connectivity index (χ2n) is 9.16. The summed E-state index contributed by atoms with van der Waals surface area (Å²) in [5, 5.41) is 0. The second kappa shape index (κ2) is 10.0. The lowest BCUT2D eigenvalue weighted by Gasteiger charge is -2.37. The normalized spacial score (nSPS) is 22.9. The van der Waals surface area contributed by atoms with E-state index in [1.807, 2.05) is 0 Å². The lowest BCUT2D eigenvalue weighted by molar-refractivity contribution is -0.143. The van der Waals surface area contributed by atoms with Gasteiger partial charge in [0.15, 0.2) is 0 Å². The van der Waals surface area contributed by atoms with Gasteiger partial charge in [-0.05, 0) is 55.4 Å². The van der Waals surface area contributed by atoms with Crippen LogP contribution in [0, 0.1) is 11.8 Å². The van der Waals surface area contributed by atoms with Gasteiger partial charge >= 0.3 is 12.4 Å². The zero-order valence-corrected chi connectivity index (χ0v) is 18.1. The minimum atomic E-state index is -4.95. The molecule has 0 radical (unpaired) electrons. The van der Waals surface area contributed by atoms with E-state index in [-0.39, 0.29) is 41.8 Å². The van der Waals surface area contributed by atoms with Gasteiger partial charge in [0.05, 0.1) is 17.0 Å². The van der Waals surface area contributed by atoms with Gasteiger partial charge in [0.25, 0.3) is 0 Å². The van der Waals surface area contributed by atoms with Crippen molar-refractivity contribution >= 4 is 11.7 Å². The van der Waals surface area contributed by atoms with Crippen molar-refractivity contribution in [3.05, 3.63) is 34.9 Å². The Morgan fingerprint density at radius 2 is 1.42 bits per heavy atom. The van der Waals surface area contributed by atoms with E-state index in [0.29, 0.717) is 38.1 Å². The molecule has 2 atom stereocenters. The van der Waals surface area contributed by atoms with Crippen molar-refractivity contribution in [1.29, 1.82) is 0 Å². The molecule has 1 saturated heterocycles. The zero-order valence-electron chi connectivity index (χ0n) is 18.1. The van der Waals surface area contributed by atoms with Crippen LogP contribution in [0.1, 0.15) is 61.6 Å². The molecule has 1 aliphatic heterocycles. The molecule has 1 amide bonds. The van der Waals surface area contributed by atoms with Crippen molar-refractivity contribution in [2.75, 3.05) is 13.1 Å². The summed E-state index contributed by atoms with van der Waals surface area (Å²) < 4.78 is 78.1. The molecule has 184 valence electrons. The summed E-state index contributed by atoms with van der Waals surface area (Å²) in [6, 6.07) is 1.11. The fraction of sp³-hybridized carbons (Fsp3) is 0.652. The monoisotopic (exact) mass is 478 g/mol. The topological polar surface area (TPSA) is 63.4 Å². The third-order valence-electron chi connectivity index (χ3n) is 6.63. The number of Topliss-reactive ketones (excluding diaryl/α,β-unsaturated/α-hetero) is 1. The van der Waals surface area contributed by atoms with Crippen LogP contribution in [0.4, 0.5) is 26.3 Å². The number of benzene rings is 1. The van der Waals surface area contributed by atoms with Crippen molar-refractivity contribution in [2.24, 2.45) is 17.6 Å². The summed E-state index contributed by atoms with van der Waals surface area (Å²) in [5.74, 6) is -0.618. The first kappa shape index (κ1) is 25.5. The number of carbonyl (C=O) groups excluding carboxylic acids is 2. The lowest BCUT2D eigenvalue weighted by atomic mass is 9.83. The Morgan fingerprint density at radius 1 is 0.879 bits per heavy atom. The van der Waals surface area contributed by atoms with Crippen LogP contribution in [0.3, 0.4) is 0 Å². The first-order chi connectivity index (χ1) is 15.3. The largest absolute Gasteiger partial charge is 0.416 e. The van der Waals surface area contributed by atoms with Gasteiger partial charge in [-0.2, -0.15) is 26.3 Å². The average Bonchev–Trinajstić information content (AvgIpc) is 2.72. The molecule has 1 heterocycles. The Morgan fingerprint density at radius 3 is 1.94 bits per heavy atom. The molecule has 0 spiro atoms. The predicted molar refractivity (Wildman–Crippen MR) is 109 cm³/mol. The summed E-state index contributed by atoms with van der Waals surface area (Å²) in [6.07, 6.45) is -5.61. The molecule has 0 unspecified atom stereocenters. The molecule has 0 aromatic heterocycles. The highest BCUT2D eigenvalue weighted by molar-refractivity contribution is 5.81. The minimum absolute atomic E-state index is 0.0376. The van der Waals surface area contributed by atoms with Crippen LogP contribution in [-0.2, 0) is 28.4 Å². The van der Waals surface area contributed by atoms with E-state index < -0.39 is 35.7 Å². The van der Waals surface area contributed by atoms with Crippen molar-refractivity contribution in [2.45, 2.75) is 69.8 Å². The third kappa shape index (κ3) is 6.71. The van der Waals surface area contributed by atoms with Crippen LogP contribution in [0.2, 0.25) is 0 Å². The number of halogens is 6. The summed E-state index contributed by atoms with van der Waals surface area (Å²) >= 11 is 0. The van der Waals surface area contributed by atoms with Gasteiger partial charge in [-0.25, -0.2) is 0 Å². The fourth-order valence-corrected chi connectivity index (χ4v) is 4.80. The van der Waals surface area contributed by atoms with Crippen LogP contribution in [0.5, 0.6) is 0 Å². The molecular weight excluding hydrogens is 450 g/mol. The molecular formula is C23H28F6N2O2. The number of alkyl halides is 6. The SMILES string of the molecule is N[C@H]1CCCC[C@H]1C(=O)N1CCC(CC(=O)Cc2cc(C(F)(F)F)cc(C(F)(F)F)c2)CC1. The molecule has 10 heteroatoms. The lowest BCUT2D eigenvalue weighted by Crippen LogP contribution is -2.48. The van der Waals surface area contributed by atoms with Crippen LogP contribution in [0.25, 0.3) is 0 Å². The Balaban J connectivity index is 1.57. The van der Waals surface area contributed by atoms with E-state index in [1.165, 1.54) is 0 Å². The van der Waals surface area contributed by atoms with Gasteiger partial charge in [0.2, 0.25) is 5.91 Å². The van der Waals surface area contributed by atoms with Crippen LogP contribution >= 0.6 is 0 Å². The van der Waals surface area contributed by atoms with Crippen molar-refractivity contribution in [1.82, 2.24) is 4.90 Å². The molecule has 1 saturated carbocycles. The summed E-state index contributed by atoms with van der Waals surface area (Å²) in [6.45, 7) is 0.948. The zero-order chi connectivity index (χ0) is 24.4. The van der Waals surface area contributed by atoms with Gasteiger partial charge < -0.3 is 10.6 Å². The van der Waals surface area contributed by atoms with Gasteiger partial charge in [0, 0.05) is 32.0 Å². The Hall–Kier alpha value is -2.10. The van der Waals surface area contributed by atoms with E-state index in [0.717, 1.165) is 25.7 Å². The van der Waals surface area contributed by atoms with Crippen LogP contribution in [-0.4, -0.2) is 35.7 Å². The number of ketones is 1. The molecule has 4 nitrogen and oxygen atoms in total. The maximum absolute atomic E-state index is 13.0. The Bertz CT molecular complexity index is 827. The van der Waals surface area contributed by atoms with Crippen molar-refractivity contribution in [3.8, 4) is 0 Å². The number of likely N-dealkylation sites (tertiary alicyclic amines) is 1. The van der Waals surface area contributed by atoms with Gasteiger partial charge in [0.1, 0.15) is 5.78 Å².